The molecule has 8 heteroatoms. The van der Waals surface area contributed by atoms with Crippen LogP contribution in [0.3, 0.4) is 0 Å². The van der Waals surface area contributed by atoms with Gasteiger partial charge in [0.2, 0.25) is 10.0 Å². The number of likely N-dealkylation sites (tertiary alicyclic amines) is 1. The molecule has 1 fully saturated rings. The Morgan fingerprint density at radius 3 is 2.94 bits per heavy atom. The van der Waals surface area contributed by atoms with E-state index in [9.17, 15) is 8.42 Å². The highest BCUT2D eigenvalue weighted by molar-refractivity contribution is 9.10. The summed E-state index contributed by atoms with van der Waals surface area (Å²) in [5, 5.41) is 0. The summed E-state index contributed by atoms with van der Waals surface area (Å²) >= 11 is 3.19. The first-order chi connectivity index (χ1) is 8.38. The molecule has 0 bridgehead atoms. The third kappa shape index (κ3) is 3.00. The molecule has 1 saturated heterocycles. The van der Waals surface area contributed by atoms with Crippen LogP contribution in [0.15, 0.2) is 21.6 Å². The molecule has 0 radical (unpaired) electrons. The average molecular weight is 335 g/mol. The number of hydrogen-bond donors (Lipinski definition) is 2. The normalized spacial score (nSPS) is 21.3. The number of aromatic nitrogens is 1. The van der Waals surface area contributed by atoms with Crippen LogP contribution < -0.4 is 10.5 Å². The van der Waals surface area contributed by atoms with E-state index in [1.807, 2.05) is 7.05 Å². The van der Waals surface area contributed by atoms with Gasteiger partial charge in [0.15, 0.2) is 0 Å². The topological polar surface area (TPSA) is 88.3 Å². The van der Waals surface area contributed by atoms with Crippen LogP contribution in [-0.4, -0.2) is 44.5 Å². The number of anilines is 1. The van der Waals surface area contributed by atoms with Crippen molar-refractivity contribution >= 4 is 31.8 Å². The monoisotopic (exact) mass is 334 g/mol. The number of nitrogens with two attached hydrogens (primary N) is 1. The van der Waals surface area contributed by atoms with Gasteiger partial charge in [-0.25, -0.2) is 18.1 Å². The Balaban J connectivity index is 2.23. The first-order valence-corrected chi connectivity index (χ1v) is 7.78. The fourth-order valence-electron chi connectivity index (χ4n) is 1.96. The van der Waals surface area contributed by atoms with E-state index in [0.29, 0.717) is 11.0 Å². The molecule has 1 aliphatic rings. The molecule has 100 valence electrons. The van der Waals surface area contributed by atoms with Crippen LogP contribution in [-0.2, 0) is 10.0 Å². The van der Waals surface area contributed by atoms with Gasteiger partial charge in [0.1, 0.15) is 10.7 Å². The molecule has 1 atom stereocenters. The second-order valence-electron chi connectivity index (χ2n) is 4.41. The third-order valence-corrected chi connectivity index (χ3v) is 4.83. The Hall–Kier alpha value is -0.700. The number of rotatable bonds is 3. The minimum Gasteiger partial charge on any atom is -0.383 e. The zero-order chi connectivity index (χ0) is 13.3. The van der Waals surface area contributed by atoms with Gasteiger partial charge in [-0.15, -0.1) is 0 Å². The van der Waals surface area contributed by atoms with E-state index in [1.165, 1.54) is 12.3 Å². The van der Waals surface area contributed by atoms with Gasteiger partial charge in [-0.1, -0.05) is 0 Å². The van der Waals surface area contributed by atoms with Gasteiger partial charge in [0, 0.05) is 23.3 Å². The number of likely N-dealkylation sites (N-methyl/N-ethyl adjacent to an activating group) is 1. The number of pyridine rings is 1. The maximum atomic E-state index is 12.2. The molecule has 2 heterocycles. The molecule has 0 amide bonds. The van der Waals surface area contributed by atoms with Gasteiger partial charge >= 0.3 is 0 Å². The maximum absolute atomic E-state index is 12.2. The van der Waals surface area contributed by atoms with Crippen molar-refractivity contribution < 1.29 is 8.42 Å². The van der Waals surface area contributed by atoms with E-state index < -0.39 is 10.0 Å². The zero-order valence-electron chi connectivity index (χ0n) is 9.93. The lowest BCUT2D eigenvalue weighted by atomic mass is 10.3. The smallest absolute Gasteiger partial charge is 0.244 e. The Morgan fingerprint density at radius 1 is 1.61 bits per heavy atom. The Labute approximate surface area is 115 Å². The molecule has 1 aromatic rings. The van der Waals surface area contributed by atoms with Crippen LogP contribution >= 0.6 is 15.9 Å². The Kier molecular flexibility index (Phi) is 3.90. The molecule has 1 aliphatic heterocycles. The van der Waals surface area contributed by atoms with Gasteiger partial charge in [-0.2, -0.15) is 0 Å². The number of hydrogen-bond acceptors (Lipinski definition) is 5. The molecule has 0 aromatic carbocycles. The van der Waals surface area contributed by atoms with E-state index in [-0.39, 0.29) is 16.8 Å². The van der Waals surface area contributed by atoms with Crippen molar-refractivity contribution in [1.29, 1.82) is 0 Å². The van der Waals surface area contributed by atoms with Gasteiger partial charge in [-0.3, -0.25) is 0 Å². The van der Waals surface area contributed by atoms with E-state index in [4.69, 9.17) is 5.73 Å². The Bertz CT molecular complexity index is 549. The van der Waals surface area contributed by atoms with Gasteiger partial charge in [0.05, 0.1) is 0 Å². The summed E-state index contributed by atoms with van der Waals surface area (Å²) in [6, 6.07) is 1.39. The van der Waals surface area contributed by atoms with Crippen molar-refractivity contribution in [3.05, 3.63) is 16.7 Å². The van der Waals surface area contributed by atoms with E-state index >= 15 is 0 Å². The van der Waals surface area contributed by atoms with Crippen LogP contribution in [0.1, 0.15) is 6.42 Å². The summed E-state index contributed by atoms with van der Waals surface area (Å²) in [6.07, 6.45) is 2.27. The summed E-state index contributed by atoms with van der Waals surface area (Å²) in [6.45, 7) is 1.60. The van der Waals surface area contributed by atoms with Crippen molar-refractivity contribution in [3.8, 4) is 0 Å². The molecule has 2 rings (SSSR count). The predicted molar refractivity (Wildman–Crippen MR) is 72.6 cm³/mol. The number of nitrogens with zero attached hydrogens (tertiary/aromatic N) is 2. The molecule has 0 unspecified atom stereocenters. The molecule has 6 nitrogen and oxygen atoms in total. The highest BCUT2D eigenvalue weighted by atomic mass is 79.9. The summed E-state index contributed by atoms with van der Waals surface area (Å²) in [5.74, 6) is 0.0112. The molecular weight excluding hydrogens is 320 g/mol. The molecular formula is C10H15BrN4O2S. The first-order valence-electron chi connectivity index (χ1n) is 5.50. The number of sulfonamides is 1. The third-order valence-electron chi connectivity index (χ3n) is 2.85. The molecule has 3 N–H and O–H groups in total. The molecule has 0 saturated carbocycles. The number of nitrogens with one attached hydrogen (secondary N) is 1. The minimum atomic E-state index is -3.61. The van der Waals surface area contributed by atoms with Gasteiger partial charge in [0.25, 0.3) is 0 Å². The Morgan fingerprint density at radius 2 is 2.33 bits per heavy atom. The number of halogens is 1. The van der Waals surface area contributed by atoms with E-state index in [2.05, 4.69) is 30.5 Å². The molecule has 1 aromatic heterocycles. The first kappa shape index (κ1) is 13.7. The lowest BCUT2D eigenvalue weighted by molar-refractivity contribution is 0.407. The minimum absolute atomic E-state index is 0.0112. The van der Waals surface area contributed by atoms with E-state index in [0.717, 1.165) is 13.0 Å². The molecule has 18 heavy (non-hydrogen) atoms. The molecule has 0 aliphatic carbocycles. The summed E-state index contributed by atoms with van der Waals surface area (Å²) in [7, 11) is -1.65. The fraction of sp³-hybridized carbons (Fsp3) is 0.500. The van der Waals surface area contributed by atoms with Crippen molar-refractivity contribution in [2.24, 2.45) is 0 Å². The second-order valence-corrected chi connectivity index (χ2v) is 7.00. The quantitative estimate of drug-likeness (QED) is 0.835. The van der Waals surface area contributed by atoms with Crippen LogP contribution in [0.2, 0.25) is 0 Å². The average Bonchev–Trinajstić information content (AvgIpc) is 2.66. The van der Waals surface area contributed by atoms with Crippen LogP contribution in [0.5, 0.6) is 0 Å². The largest absolute Gasteiger partial charge is 0.383 e. The summed E-state index contributed by atoms with van der Waals surface area (Å²) in [4.78, 5) is 5.93. The van der Waals surface area contributed by atoms with Crippen molar-refractivity contribution in [2.45, 2.75) is 17.4 Å². The van der Waals surface area contributed by atoms with Gasteiger partial charge in [-0.05, 0) is 42.0 Å². The molecule has 0 spiro atoms. The highest BCUT2D eigenvalue weighted by Gasteiger charge is 2.27. The van der Waals surface area contributed by atoms with Crippen LogP contribution in [0.4, 0.5) is 5.82 Å². The lowest BCUT2D eigenvalue weighted by Gasteiger charge is -2.14. The van der Waals surface area contributed by atoms with Crippen molar-refractivity contribution in [2.75, 3.05) is 25.9 Å². The highest BCUT2D eigenvalue weighted by Crippen LogP contribution is 2.21. The van der Waals surface area contributed by atoms with E-state index in [1.54, 1.807) is 0 Å². The van der Waals surface area contributed by atoms with Gasteiger partial charge < -0.3 is 10.6 Å². The SMILES string of the molecule is CN1CC[C@@H](NS(=O)(=O)c2cc(Br)cnc2N)C1. The van der Waals surface area contributed by atoms with Crippen molar-refractivity contribution in [1.82, 2.24) is 14.6 Å². The zero-order valence-corrected chi connectivity index (χ0v) is 12.3. The maximum Gasteiger partial charge on any atom is 0.244 e. The lowest BCUT2D eigenvalue weighted by Crippen LogP contribution is -2.36. The summed E-state index contributed by atoms with van der Waals surface area (Å²) < 4.78 is 27.6. The number of nitrogen functional groups attached to an aromatic ring is 1. The fourth-order valence-corrected chi connectivity index (χ4v) is 3.81. The standard InChI is InChI=1S/C10H15BrN4O2S/c1-15-3-2-8(6-15)14-18(16,17)9-4-7(11)5-13-10(9)12/h4-5,8,14H,2-3,6H2,1H3,(H2,12,13)/t8-/m1/s1. The predicted octanol–water partition coefficient (Wildman–Crippen LogP) is 0.409. The van der Waals surface area contributed by atoms with Crippen molar-refractivity contribution in [3.63, 3.8) is 0 Å². The van der Waals surface area contributed by atoms with Crippen LogP contribution in [0, 0.1) is 0 Å². The second kappa shape index (κ2) is 5.12. The van der Waals surface area contributed by atoms with Crippen LogP contribution in [0.25, 0.3) is 0 Å². The summed E-state index contributed by atoms with van der Waals surface area (Å²) in [5.41, 5.74) is 5.62.